The zero-order valence-electron chi connectivity index (χ0n) is 11.1. The van der Waals surface area contributed by atoms with Crippen LogP contribution in [-0.4, -0.2) is 21.6 Å². The molecule has 1 aromatic heterocycles. The maximum Gasteiger partial charge on any atom is 0.322 e. The van der Waals surface area contributed by atoms with Gasteiger partial charge in [-0.25, -0.2) is 0 Å². The van der Waals surface area contributed by atoms with Crippen molar-refractivity contribution in [1.82, 2.24) is 15.0 Å². The van der Waals surface area contributed by atoms with Crippen LogP contribution in [0.3, 0.4) is 0 Å². The van der Waals surface area contributed by atoms with Crippen molar-refractivity contribution in [3.63, 3.8) is 0 Å². The van der Waals surface area contributed by atoms with Crippen molar-refractivity contribution in [2.45, 2.75) is 33.1 Å². The van der Waals surface area contributed by atoms with Crippen LogP contribution in [0.25, 0.3) is 0 Å². The third-order valence-corrected chi connectivity index (χ3v) is 5.33. The average molecular weight is 302 g/mol. The Kier molecular flexibility index (Phi) is 3.34. The molecule has 0 N–H and O–H groups in total. The molecule has 3 atom stereocenters. The fourth-order valence-electron chi connectivity index (χ4n) is 3.72. The Bertz CT molecular complexity index is 473. The van der Waals surface area contributed by atoms with Crippen LogP contribution in [0.5, 0.6) is 6.01 Å². The third-order valence-electron chi connectivity index (χ3n) is 4.99. The van der Waals surface area contributed by atoms with Gasteiger partial charge in [0.15, 0.2) is 0 Å². The second kappa shape index (κ2) is 4.74. The summed E-state index contributed by atoms with van der Waals surface area (Å²) < 4.78 is 5.66. The Balaban J connectivity index is 1.63. The van der Waals surface area contributed by atoms with Gasteiger partial charge in [0.1, 0.15) is 0 Å². The number of aromatic nitrogens is 3. The van der Waals surface area contributed by atoms with E-state index in [9.17, 15) is 0 Å². The molecule has 3 aliphatic carbocycles. The molecule has 104 valence electrons. The topological polar surface area (TPSA) is 47.9 Å². The summed E-state index contributed by atoms with van der Waals surface area (Å²) in [5.74, 6) is 2.23. The molecular weight excluding hydrogens is 285 g/mol. The summed E-state index contributed by atoms with van der Waals surface area (Å²) in [5, 5.41) is 0.144. The third kappa shape index (κ3) is 2.40. The monoisotopic (exact) mass is 301 g/mol. The average Bonchev–Trinajstić information content (AvgIpc) is 2.35. The lowest BCUT2D eigenvalue weighted by Crippen LogP contribution is -2.53. The first kappa shape index (κ1) is 13.4. The Morgan fingerprint density at radius 2 is 1.84 bits per heavy atom. The molecule has 3 saturated carbocycles. The van der Waals surface area contributed by atoms with E-state index in [-0.39, 0.29) is 16.6 Å². The predicted molar refractivity (Wildman–Crippen MR) is 73.4 cm³/mol. The van der Waals surface area contributed by atoms with Crippen LogP contribution in [-0.2, 0) is 0 Å². The van der Waals surface area contributed by atoms with Gasteiger partial charge in [0.25, 0.3) is 0 Å². The number of hydrogen-bond donors (Lipinski definition) is 0. The normalized spacial score (nSPS) is 31.7. The molecular formula is C13H17Cl2N3O. The smallest absolute Gasteiger partial charge is 0.322 e. The Morgan fingerprint density at radius 3 is 2.42 bits per heavy atom. The molecule has 1 heterocycles. The lowest BCUT2D eigenvalue weighted by atomic mass is 9.46. The molecule has 0 amide bonds. The summed E-state index contributed by atoms with van der Waals surface area (Å²) in [6.07, 6.45) is 3.86. The van der Waals surface area contributed by atoms with Gasteiger partial charge in [-0.3, -0.25) is 0 Å². The summed E-state index contributed by atoms with van der Waals surface area (Å²) in [5.41, 5.74) is 0.459. The van der Waals surface area contributed by atoms with Crippen LogP contribution in [0.1, 0.15) is 33.1 Å². The van der Waals surface area contributed by atoms with Gasteiger partial charge in [0.2, 0.25) is 10.6 Å². The zero-order chi connectivity index (χ0) is 13.6. The van der Waals surface area contributed by atoms with Crippen molar-refractivity contribution < 1.29 is 4.74 Å². The highest BCUT2D eigenvalue weighted by molar-refractivity contribution is 6.31. The molecule has 6 heteroatoms. The van der Waals surface area contributed by atoms with Gasteiger partial charge in [0.05, 0.1) is 6.61 Å². The number of nitrogens with zero attached hydrogens (tertiary/aromatic N) is 3. The molecule has 0 aromatic carbocycles. The molecule has 4 nitrogen and oxygen atoms in total. The van der Waals surface area contributed by atoms with Crippen molar-refractivity contribution in [3.05, 3.63) is 10.6 Å². The van der Waals surface area contributed by atoms with Crippen molar-refractivity contribution in [2.75, 3.05) is 6.61 Å². The molecule has 3 aliphatic rings. The Morgan fingerprint density at radius 1 is 1.16 bits per heavy atom. The summed E-state index contributed by atoms with van der Waals surface area (Å²) >= 11 is 11.5. The van der Waals surface area contributed by atoms with Gasteiger partial charge < -0.3 is 4.74 Å². The van der Waals surface area contributed by atoms with Crippen LogP contribution < -0.4 is 4.74 Å². The van der Waals surface area contributed by atoms with Gasteiger partial charge in [-0.2, -0.15) is 15.0 Å². The Labute approximate surface area is 122 Å². The molecule has 0 radical (unpaired) electrons. The van der Waals surface area contributed by atoms with Gasteiger partial charge in [0, 0.05) is 0 Å². The van der Waals surface area contributed by atoms with Crippen LogP contribution in [0, 0.1) is 23.2 Å². The highest BCUT2D eigenvalue weighted by Crippen LogP contribution is 2.61. The first-order chi connectivity index (χ1) is 8.96. The highest BCUT2D eigenvalue weighted by atomic mass is 35.5. The minimum atomic E-state index is 0.0719. The largest absolute Gasteiger partial charge is 0.463 e. The molecule has 19 heavy (non-hydrogen) atoms. The van der Waals surface area contributed by atoms with E-state index in [1.807, 2.05) is 0 Å². The van der Waals surface area contributed by atoms with Gasteiger partial charge >= 0.3 is 6.01 Å². The van der Waals surface area contributed by atoms with E-state index in [1.54, 1.807) is 0 Å². The van der Waals surface area contributed by atoms with Crippen molar-refractivity contribution in [3.8, 4) is 6.01 Å². The molecule has 0 spiro atoms. The lowest BCUT2D eigenvalue weighted by molar-refractivity contribution is -0.114. The van der Waals surface area contributed by atoms with Crippen LogP contribution in [0.4, 0.5) is 0 Å². The molecule has 2 bridgehead atoms. The second-order valence-electron chi connectivity index (χ2n) is 6.16. The quantitative estimate of drug-likeness (QED) is 0.855. The molecule has 1 unspecified atom stereocenters. The standard InChI is InChI=1S/C13H17Cl2N3O/c1-13(2)8-4-3-7(9(13)5-8)6-19-12-17-10(14)16-11(15)18-12/h7-9H,3-6H2,1-2H3/t7?,8-,9-/m1/s1. The molecule has 3 fully saturated rings. The van der Waals surface area contributed by atoms with Gasteiger partial charge in [-0.05, 0) is 65.6 Å². The van der Waals surface area contributed by atoms with E-state index >= 15 is 0 Å². The summed E-state index contributed by atoms with van der Waals surface area (Å²) in [7, 11) is 0. The summed E-state index contributed by atoms with van der Waals surface area (Å²) in [4.78, 5) is 11.6. The first-order valence-corrected chi connectivity index (χ1v) is 7.42. The lowest BCUT2D eigenvalue weighted by Gasteiger charge is -2.60. The maximum absolute atomic E-state index is 5.73. The number of fused-ring (bicyclic) bond motifs is 2. The zero-order valence-corrected chi connectivity index (χ0v) is 12.6. The molecule has 1 aromatic rings. The second-order valence-corrected chi connectivity index (χ2v) is 6.84. The number of halogens is 2. The van der Waals surface area contributed by atoms with Gasteiger partial charge in [-0.15, -0.1) is 0 Å². The van der Waals surface area contributed by atoms with Crippen molar-refractivity contribution >= 4 is 23.2 Å². The van der Waals surface area contributed by atoms with Crippen LogP contribution >= 0.6 is 23.2 Å². The van der Waals surface area contributed by atoms with E-state index in [1.165, 1.54) is 19.3 Å². The van der Waals surface area contributed by atoms with E-state index in [2.05, 4.69) is 28.8 Å². The Hall–Kier alpha value is -0.610. The number of rotatable bonds is 3. The van der Waals surface area contributed by atoms with Gasteiger partial charge in [-0.1, -0.05) is 13.8 Å². The number of ether oxygens (including phenoxy) is 1. The van der Waals surface area contributed by atoms with Crippen LogP contribution in [0.15, 0.2) is 0 Å². The first-order valence-electron chi connectivity index (χ1n) is 6.66. The van der Waals surface area contributed by atoms with E-state index in [4.69, 9.17) is 27.9 Å². The van der Waals surface area contributed by atoms with E-state index < -0.39 is 0 Å². The molecule has 0 aliphatic heterocycles. The van der Waals surface area contributed by atoms with Crippen molar-refractivity contribution in [2.24, 2.45) is 23.2 Å². The predicted octanol–water partition coefficient (Wildman–Crippen LogP) is 3.63. The summed E-state index contributed by atoms with van der Waals surface area (Å²) in [6, 6.07) is 0.226. The van der Waals surface area contributed by atoms with E-state index in [0.29, 0.717) is 17.9 Å². The van der Waals surface area contributed by atoms with E-state index in [0.717, 1.165) is 11.8 Å². The fraction of sp³-hybridized carbons (Fsp3) is 0.769. The minimum absolute atomic E-state index is 0.0719. The molecule has 0 saturated heterocycles. The summed E-state index contributed by atoms with van der Waals surface area (Å²) in [6.45, 7) is 5.38. The minimum Gasteiger partial charge on any atom is -0.463 e. The maximum atomic E-state index is 5.73. The highest BCUT2D eigenvalue weighted by Gasteiger charge is 2.54. The molecule has 4 rings (SSSR count). The number of hydrogen-bond acceptors (Lipinski definition) is 4. The van der Waals surface area contributed by atoms with Crippen LogP contribution in [0.2, 0.25) is 10.6 Å². The van der Waals surface area contributed by atoms with Crippen molar-refractivity contribution in [1.29, 1.82) is 0 Å². The SMILES string of the molecule is CC1(C)[C@@H]2CCC(COc3nc(Cl)nc(Cl)n3)[C@H]1C2. The fourth-order valence-corrected chi connectivity index (χ4v) is 4.07.